The Hall–Kier alpha value is -2.74. The third-order valence-corrected chi connectivity index (χ3v) is 5.38. The van der Waals surface area contributed by atoms with E-state index in [1.165, 1.54) is 22.3 Å². The first kappa shape index (κ1) is 17.7. The number of anilines is 1. The lowest BCUT2D eigenvalue weighted by molar-refractivity contribution is 0.137. The van der Waals surface area contributed by atoms with E-state index in [4.69, 9.17) is 15.9 Å². The van der Waals surface area contributed by atoms with Crippen LogP contribution in [0.3, 0.4) is 0 Å². The zero-order valence-corrected chi connectivity index (χ0v) is 15.3. The van der Waals surface area contributed by atoms with Gasteiger partial charge in [-0.1, -0.05) is 6.07 Å². The number of nitrogens with one attached hydrogen (secondary N) is 5. The molecule has 1 unspecified atom stereocenters. The largest absolute Gasteiger partial charge is 0.476 e. The lowest BCUT2D eigenvalue weighted by atomic mass is 9.99. The van der Waals surface area contributed by atoms with E-state index >= 15 is 0 Å². The molecule has 1 aromatic rings. The van der Waals surface area contributed by atoms with Crippen LogP contribution in [0, 0.1) is 5.41 Å². The molecule has 0 spiro atoms. The number of hydrazine groups is 1. The molecule has 0 saturated carbocycles. The van der Waals surface area contributed by atoms with Crippen LogP contribution in [0.15, 0.2) is 17.6 Å². The lowest BCUT2D eigenvalue weighted by Gasteiger charge is -2.25. The van der Waals surface area contributed by atoms with E-state index in [-0.39, 0.29) is 12.1 Å². The number of rotatable bonds is 4. The molecule has 2 aliphatic carbocycles. The first-order chi connectivity index (χ1) is 13.2. The summed E-state index contributed by atoms with van der Waals surface area (Å²) >= 11 is 0. The number of aryl methyl sites for hydroxylation is 2. The maximum atomic E-state index is 12.5. The van der Waals surface area contributed by atoms with E-state index in [2.05, 4.69) is 27.6 Å². The van der Waals surface area contributed by atoms with Gasteiger partial charge in [0.2, 0.25) is 5.88 Å². The third-order valence-electron chi connectivity index (χ3n) is 5.38. The minimum absolute atomic E-state index is 0.0840. The van der Waals surface area contributed by atoms with Gasteiger partial charge in [-0.15, -0.1) is 0 Å². The average Bonchev–Trinajstić information content (AvgIpc) is 3.32. The molecule has 2 amide bonds. The van der Waals surface area contributed by atoms with E-state index in [9.17, 15) is 4.79 Å². The first-order valence-corrected chi connectivity index (χ1v) is 9.52. The van der Waals surface area contributed by atoms with E-state index in [1.807, 2.05) is 0 Å². The Labute approximate surface area is 158 Å². The van der Waals surface area contributed by atoms with Crippen LogP contribution in [0.5, 0.6) is 0 Å². The van der Waals surface area contributed by atoms with Crippen molar-refractivity contribution in [2.45, 2.75) is 44.6 Å². The average molecular weight is 370 g/mol. The van der Waals surface area contributed by atoms with E-state index in [0.29, 0.717) is 24.7 Å². The fraction of sp³-hybridized carbons (Fsp3) is 0.474. The molecule has 1 aromatic carbocycles. The van der Waals surface area contributed by atoms with Gasteiger partial charge < -0.3 is 26.5 Å². The van der Waals surface area contributed by atoms with Gasteiger partial charge in [0.15, 0.2) is 0 Å². The van der Waals surface area contributed by atoms with Crippen LogP contribution >= 0.6 is 0 Å². The molecule has 0 aromatic heterocycles. The number of nitrogens with two attached hydrogens (primary N) is 1. The molecule has 1 aliphatic heterocycles. The van der Waals surface area contributed by atoms with Crippen LogP contribution < -0.4 is 27.2 Å². The minimum atomic E-state index is -0.350. The van der Waals surface area contributed by atoms with Crippen molar-refractivity contribution in [3.63, 3.8) is 0 Å². The SMILES string of the molecule is N=C/C(NNC(=O)Nc1c2c(cc3c1CCC3)CCC2)=C1\NCC(N)CO1. The van der Waals surface area contributed by atoms with Crippen molar-refractivity contribution in [2.75, 3.05) is 18.5 Å². The Morgan fingerprint density at radius 3 is 2.48 bits per heavy atom. The molecule has 27 heavy (non-hydrogen) atoms. The van der Waals surface area contributed by atoms with Crippen molar-refractivity contribution in [3.8, 4) is 0 Å². The summed E-state index contributed by atoms with van der Waals surface area (Å²) in [6, 6.07) is 1.90. The number of benzene rings is 1. The standard InChI is InChI=1S/C19H26N6O2/c20-8-16(18-22-9-13(21)10-27-18)24-25-19(26)23-17-14-5-1-3-11(14)7-12-4-2-6-15(12)17/h7-8,13,20,22,24H,1-6,9-10,21H2,(H2,23,25,26)/b18-16-,20-8?. The van der Waals surface area contributed by atoms with Gasteiger partial charge in [-0.25, -0.2) is 4.79 Å². The molecule has 0 radical (unpaired) electrons. The van der Waals surface area contributed by atoms with Gasteiger partial charge >= 0.3 is 6.03 Å². The fourth-order valence-corrected chi connectivity index (χ4v) is 4.09. The van der Waals surface area contributed by atoms with Gasteiger partial charge in [0.25, 0.3) is 0 Å². The van der Waals surface area contributed by atoms with E-state index in [1.54, 1.807) is 0 Å². The second kappa shape index (κ2) is 7.48. The Morgan fingerprint density at radius 1 is 1.19 bits per heavy atom. The number of ether oxygens (including phenoxy) is 1. The number of hydrogen-bond acceptors (Lipinski definition) is 6. The van der Waals surface area contributed by atoms with E-state index in [0.717, 1.165) is 50.4 Å². The highest BCUT2D eigenvalue weighted by atomic mass is 16.5. The van der Waals surface area contributed by atoms with Gasteiger partial charge in [-0.05, 0) is 60.8 Å². The van der Waals surface area contributed by atoms with Gasteiger partial charge in [-0.3, -0.25) is 10.9 Å². The van der Waals surface area contributed by atoms with Crippen molar-refractivity contribution < 1.29 is 9.53 Å². The van der Waals surface area contributed by atoms with Gasteiger partial charge in [-0.2, -0.15) is 0 Å². The van der Waals surface area contributed by atoms with Crippen LogP contribution in [0.4, 0.5) is 10.5 Å². The number of fused-ring (bicyclic) bond motifs is 2. The summed E-state index contributed by atoms with van der Waals surface area (Å²) in [4.78, 5) is 12.5. The summed E-state index contributed by atoms with van der Waals surface area (Å²) < 4.78 is 5.47. The maximum absolute atomic E-state index is 12.5. The molecule has 7 N–H and O–H groups in total. The van der Waals surface area contributed by atoms with Crippen LogP contribution in [0.1, 0.15) is 35.1 Å². The minimum Gasteiger partial charge on any atom is -0.476 e. The number of carbonyl (C=O) groups excluding carboxylic acids is 1. The van der Waals surface area contributed by atoms with Crippen LogP contribution in [-0.2, 0) is 30.4 Å². The smallest absolute Gasteiger partial charge is 0.337 e. The van der Waals surface area contributed by atoms with Gasteiger partial charge in [0.05, 0.1) is 6.04 Å². The third kappa shape index (κ3) is 3.57. The van der Waals surface area contributed by atoms with Crippen LogP contribution in [-0.4, -0.2) is 31.4 Å². The van der Waals surface area contributed by atoms with Crippen molar-refractivity contribution in [2.24, 2.45) is 5.73 Å². The molecule has 1 heterocycles. The molecular weight excluding hydrogens is 344 g/mol. The van der Waals surface area contributed by atoms with E-state index < -0.39 is 0 Å². The van der Waals surface area contributed by atoms with Crippen molar-refractivity contribution in [1.29, 1.82) is 5.41 Å². The molecule has 1 atom stereocenters. The van der Waals surface area contributed by atoms with Crippen LogP contribution in [0.2, 0.25) is 0 Å². The Bertz CT molecular complexity index is 762. The molecule has 3 aliphatic rings. The Kier molecular flexibility index (Phi) is 4.89. The monoisotopic (exact) mass is 370 g/mol. The summed E-state index contributed by atoms with van der Waals surface area (Å²) in [5, 5.41) is 13.6. The first-order valence-electron chi connectivity index (χ1n) is 9.52. The number of hydrogen-bond donors (Lipinski definition) is 6. The van der Waals surface area contributed by atoms with Gasteiger partial charge in [0, 0.05) is 18.4 Å². The molecule has 8 nitrogen and oxygen atoms in total. The summed E-state index contributed by atoms with van der Waals surface area (Å²) in [6.07, 6.45) is 7.58. The summed E-state index contributed by atoms with van der Waals surface area (Å²) in [5.41, 5.74) is 17.8. The quantitative estimate of drug-likeness (QED) is 0.349. The molecular formula is C19H26N6O2. The molecule has 8 heteroatoms. The topological polar surface area (TPSA) is 124 Å². The number of carbonyl (C=O) groups is 1. The van der Waals surface area contributed by atoms with Crippen molar-refractivity contribution in [1.82, 2.24) is 16.2 Å². The predicted molar refractivity (Wildman–Crippen MR) is 104 cm³/mol. The fourth-order valence-electron chi connectivity index (χ4n) is 4.09. The molecule has 0 bridgehead atoms. The molecule has 4 rings (SSSR count). The number of urea groups is 1. The summed E-state index contributed by atoms with van der Waals surface area (Å²) in [7, 11) is 0. The number of amides is 2. The normalized spacial score (nSPS) is 22.0. The molecule has 1 saturated heterocycles. The zero-order valence-electron chi connectivity index (χ0n) is 15.3. The van der Waals surface area contributed by atoms with Crippen LogP contribution in [0.25, 0.3) is 0 Å². The second-order valence-corrected chi connectivity index (χ2v) is 7.28. The lowest BCUT2D eigenvalue weighted by Crippen LogP contribution is -2.46. The van der Waals surface area contributed by atoms with Crippen molar-refractivity contribution >= 4 is 17.9 Å². The second-order valence-electron chi connectivity index (χ2n) is 7.28. The molecule has 1 fully saturated rings. The highest BCUT2D eigenvalue weighted by Gasteiger charge is 2.25. The maximum Gasteiger partial charge on any atom is 0.337 e. The molecule has 144 valence electrons. The predicted octanol–water partition coefficient (Wildman–Crippen LogP) is 1.06. The van der Waals surface area contributed by atoms with Gasteiger partial charge in [0.1, 0.15) is 12.3 Å². The highest BCUT2D eigenvalue weighted by molar-refractivity contribution is 5.92. The zero-order chi connectivity index (χ0) is 18.8. The Morgan fingerprint density at radius 2 is 1.89 bits per heavy atom. The Balaban J connectivity index is 1.45. The van der Waals surface area contributed by atoms with Crippen molar-refractivity contribution in [3.05, 3.63) is 39.9 Å². The summed E-state index contributed by atoms with van der Waals surface area (Å²) in [6.45, 7) is 0.929. The highest BCUT2D eigenvalue weighted by Crippen LogP contribution is 2.38. The number of allylic oxidation sites excluding steroid dienone is 1. The summed E-state index contributed by atoms with van der Waals surface area (Å²) in [5.74, 6) is 0.411.